The van der Waals surface area contributed by atoms with Gasteiger partial charge in [-0.25, -0.2) is 0 Å². The molecule has 0 aliphatic carbocycles. The summed E-state index contributed by atoms with van der Waals surface area (Å²) in [6.45, 7) is 4.22. The van der Waals surface area contributed by atoms with Gasteiger partial charge in [-0.15, -0.1) is 11.3 Å². The van der Waals surface area contributed by atoms with Gasteiger partial charge in [-0.05, 0) is 36.8 Å². The lowest BCUT2D eigenvalue weighted by Gasteiger charge is -2.04. The molecule has 4 heteroatoms. The van der Waals surface area contributed by atoms with Gasteiger partial charge >= 0.3 is 0 Å². The first-order chi connectivity index (χ1) is 8.81. The van der Waals surface area contributed by atoms with Gasteiger partial charge in [0, 0.05) is 22.8 Å². The van der Waals surface area contributed by atoms with Crippen molar-refractivity contribution in [2.45, 2.75) is 20.0 Å². The highest BCUT2D eigenvalue weighted by Gasteiger charge is 2.12. The Morgan fingerprint density at radius 3 is 2.83 bits per heavy atom. The van der Waals surface area contributed by atoms with Crippen LogP contribution in [-0.4, -0.2) is 6.79 Å². The van der Waals surface area contributed by atoms with Crippen molar-refractivity contribution in [3.8, 4) is 11.5 Å². The van der Waals surface area contributed by atoms with Gasteiger partial charge < -0.3 is 14.8 Å². The summed E-state index contributed by atoms with van der Waals surface area (Å²) in [5.74, 6) is 1.69. The molecular formula is C14H15NO2S. The van der Waals surface area contributed by atoms with Crippen molar-refractivity contribution in [1.82, 2.24) is 5.32 Å². The predicted octanol–water partition coefficient (Wildman–Crippen LogP) is 3.08. The molecule has 0 saturated heterocycles. The van der Waals surface area contributed by atoms with E-state index in [0.29, 0.717) is 6.79 Å². The molecule has 0 bridgehead atoms. The smallest absolute Gasteiger partial charge is 0.231 e. The van der Waals surface area contributed by atoms with Crippen LogP contribution in [0.25, 0.3) is 0 Å². The quantitative estimate of drug-likeness (QED) is 0.917. The summed E-state index contributed by atoms with van der Waals surface area (Å²) in [5, 5.41) is 3.44. The minimum absolute atomic E-state index is 0.334. The second kappa shape index (κ2) is 5.00. The van der Waals surface area contributed by atoms with Crippen LogP contribution in [0, 0.1) is 6.92 Å². The number of benzene rings is 1. The van der Waals surface area contributed by atoms with Crippen LogP contribution in [-0.2, 0) is 13.1 Å². The molecule has 2 aromatic rings. The topological polar surface area (TPSA) is 30.5 Å². The number of hydrogen-bond acceptors (Lipinski definition) is 4. The zero-order valence-electron chi connectivity index (χ0n) is 10.2. The molecule has 0 amide bonds. The highest BCUT2D eigenvalue weighted by Crippen LogP contribution is 2.32. The largest absolute Gasteiger partial charge is 0.454 e. The summed E-state index contributed by atoms with van der Waals surface area (Å²) < 4.78 is 10.6. The van der Waals surface area contributed by atoms with Crippen molar-refractivity contribution >= 4 is 11.3 Å². The third-order valence-corrected chi connectivity index (χ3v) is 3.86. The van der Waals surface area contributed by atoms with Gasteiger partial charge in [-0.1, -0.05) is 6.07 Å². The maximum atomic E-state index is 5.36. The normalized spacial score (nSPS) is 12.9. The molecule has 1 aromatic heterocycles. The average molecular weight is 261 g/mol. The van der Waals surface area contributed by atoms with Crippen LogP contribution < -0.4 is 14.8 Å². The van der Waals surface area contributed by atoms with Crippen LogP contribution in [0.5, 0.6) is 11.5 Å². The molecule has 94 valence electrons. The van der Waals surface area contributed by atoms with Gasteiger partial charge in [-0.2, -0.15) is 0 Å². The van der Waals surface area contributed by atoms with Crippen LogP contribution in [0.4, 0.5) is 0 Å². The van der Waals surface area contributed by atoms with Gasteiger partial charge in [-0.3, -0.25) is 0 Å². The van der Waals surface area contributed by atoms with Gasteiger partial charge in [0.25, 0.3) is 0 Å². The Balaban J connectivity index is 1.57. The van der Waals surface area contributed by atoms with Gasteiger partial charge in [0.15, 0.2) is 11.5 Å². The molecule has 0 atom stereocenters. The first-order valence-corrected chi connectivity index (χ1v) is 6.77. The highest BCUT2D eigenvalue weighted by molar-refractivity contribution is 7.11. The number of nitrogens with one attached hydrogen (secondary N) is 1. The van der Waals surface area contributed by atoms with E-state index in [1.807, 2.05) is 23.5 Å². The third-order valence-electron chi connectivity index (χ3n) is 2.86. The lowest BCUT2D eigenvalue weighted by Crippen LogP contribution is -2.11. The monoisotopic (exact) mass is 261 g/mol. The Hall–Kier alpha value is -1.52. The zero-order valence-corrected chi connectivity index (χ0v) is 11.0. The zero-order chi connectivity index (χ0) is 12.4. The maximum absolute atomic E-state index is 5.36. The van der Waals surface area contributed by atoms with Gasteiger partial charge in [0.1, 0.15) is 0 Å². The lowest BCUT2D eigenvalue weighted by molar-refractivity contribution is 0.174. The third kappa shape index (κ3) is 2.49. The maximum Gasteiger partial charge on any atom is 0.231 e. The number of fused-ring (bicyclic) bond motifs is 1. The second-order valence-corrected chi connectivity index (χ2v) is 5.68. The van der Waals surface area contributed by atoms with E-state index in [4.69, 9.17) is 9.47 Å². The van der Waals surface area contributed by atoms with Crippen LogP contribution in [0.15, 0.2) is 30.3 Å². The molecule has 0 radical (unpaired) electrons. The summed E-state index contributed by atoms with van der Waals surface area (Å²) in [6.07, 6.45) is 0. The Bertz CT molecular complexity index is 550. The SMILES string of the molecule is Cc1ccc(CNCc2ccc3c(c2)OCO3)s1. The Labute approximate surface area is 110 Å². The summed E-state index contributed by atoms with van der Waals surface area (Å²) in [7, 11) is 0. The van der Waals surface area contributed by atoms with Crippen molar-refractivity contribution in [2.75, 3.05) is 6.79 Å². The van der Waals surface area contributed by atoms with Gasteiger partial charge in [0.05, 0.1) is 0 Å². The van der Waals surface area contributed by atoms with E-state index in [0.717, 1.165) is 24.6 Å². The molecule has 0 spiro atoms. The first kappa shape index (κ1) is 11.6. The molecule has 1 aromatic carbocycles. The summed E-state index contributed by atoms with van der Waals surface area (Å²) >= 11 is 1.84. The van der Waals surface area contributed by atoms with Crippen molar-refractivity contribution in [3.63, 3.8) is 0 Å². The lowest BCUT2D eigenvalue weighted by atomic mass is 10.2. The van der Waals surface area contributed by atoms with E-state index in [2.05, 4.69) is 30.4 Å². The van der Waals surface area contributed by atoms with E-state index in [9.17, 15) is 0 Å². The first-order valence-electron chi connectivity index (χ1n) is 5.96. The number of thiophene rings is 1. The molecular weight excluding hydrogens is 246 g/mol. The Kier molecular flexibility index (Phi) is 3.21. The van der Waals surface area contributed by atoms with Crippen LogP contribution in [0.1, 0.15) is 15.3 Å². The fourth-order valence-corrected chi connectivity index (χ4v) is 2.82. The molecule has 1 aliphatic heterocycles. The molecule has 2 heterocycles. The van der Waals surface area contributed by atoms with Crippen molar-refractivity contribution in [2.24, 2.45) is 0 Å². The molecule has 1 aliphatic rings. The molecule has 18 heavy (non-hydrogen) atoms. The number of rotatable bonds is 4. The Morgan fingerprint density at radius 2 is 2.00 bits per heavy atom. The van der Waals surface area contributed by atoms with E-state index < -0.39 is 0 Å². The fourth-order valence-electron chi connectivity index (χ4n) is 1.96. The predicted molar refractivity (Wildman–Crippen MR) is 72.2 cm³/mol. The van der Waals surface area contributed by atoms with Crippen LogP contribution >= 0.6 is 11.3 Å². The standard InChI is InChI=1S/C14H15NO2S/c1-10-2-4-12(18-10)8-15-7-11-3-5-13-14(6-11)17-9-16-13/h2-6,15H,7-9H2,1H3. The minimum atomic E-state index is 0.334. The molecule has 0 unspecified atom stereocenters. The minimum Gasteiger partial charge on any atom is -0.454 e. The van der Waals surface area contributed by atoms with Crippen molar-refractivity contribution < 1.29 is 9.47 Å². The van der Waals surface area contributed by atoms with Crippen molar-refractivity contribution in [1.29, 1.82) is 0 Å². The molecule has 3 rings (SSSR count). The molecule has 0 fully saturated rings. The number of aryl methyl sites for hydroxylation is 1. The molecule has 3 nitrogen and oxygen atoms in total. The van der Waals surface area contributed by atoms with Crippen molar-refractivity contribution in [3.05, 3.63) is 45.6 Å². The van der Waals surface area contributed by atoms with E-state index >= 15 is 0 Å². The Morgan fingerprint density at radius 1 is 1.11 bits per heavy atom. The van der Waals surface area contributed by atoms with E-state index in [-0.39, 0.29) is 0 Å². The summed E-state index contributed by atoms with van der Waals surface area (Å²) in [4.78, 5) is 2.73. The van der Waals surface area contributed by atoms with Crippen LogP contribution in [0.2, 0.25) is 0 Å². The van der Waals surface area contributed by atoms with E-state index in [1.165, 1.54) is 15.3 Å². The molecule has 0 saturated carbocycles. The fraction of sp³-hybridized carbons (Fsp3) is 0.286. The van der Waals surface area contributed by atoms with Crippen LogP contribution in [0.3, 0.4) is 0 Å². The molecule has 1 N–H and O–H groups in total. The summed E-state index contributed by atoms with van der Waals surface area (Å²) in [5.41, 5.74) is 1.22. The van der Waals surface area contributed by atoms with Gasteiger partial charge in [0.2, 0.25) is 6.79 Å². The second-order valence-electron chi connectivity index (χ2n) is 4.30. The average Bonchev–Trinajstić information content (AvgIpc) is 2.97. The van der Waals surface area contributed by atoms with E-state index in [1.54, 1.807) is 0 Å². The number of hydrogen-bond donors (Lipinski definition) is 1. The highest BCUT2D eigenvalue weighted by atomic mass is 32.1. The number of ether oxygens (including phenoxy) is 2. The summed E-state index contributed by atoms with van der Waals surface area (Å²) in [6, 6.07) is 10.4.